The highest BCUT2D eigenvalue weighted by atomic mass is 16.2. The number of carbonyl (C=O) groups excluding carboxylic acids is 2. The minimum Gasteiger partial charge on any atom is -0.353 e. The van der Waals surface area contributed by atoms with Crippen LogP contribution in [0, 0.1) is 17.8 Å². The zero-order chi connectivity index (χ0) is 14.6. The van der Waals surface area contributed by atoms with E-state index in [-0.39, 0.29) is 17.9 Å². The highest BCUT2D eigenvalue weighted by molar-refractivity contribution is 5.83. The van der Waals surface area contributed by atoms with E-state index in [1.807, 2.05) is 0 Å². The van der Waals surface area contributed by atoms with Gasteiger partial charge in [0.1, 0.15) is 0 Å². The van der Waals surface area contributed by atoms with Crippen molar-refractivity contribution < 1.29 is 9.59 Å². The van der Waals surface area contributed by atoms with Crippen LogP contribution < -0.4 is 5.32 Å². The number of nitrogens with one attached hydrogen (secondary N) is 1. The number of amides is 2. The molecule has 1 saturated carbocycles. The average Bonchev–Trinajstić information content (AvgIpc) is 2.36. The van der Waals surface area contributed by atoms with Crippen molar-refractivity contribution in [2.24, 2.45) is 17.8 Å². The number of carbonyl (C=O) groups is 2. The Kier molecular flexibility index (Phi) is 5.83. The van der Waals surface area contributed by atoms with Crippen molar-refractivity contribution >= 4 is 11.8 Å². The third-order valence-electron chi connectivity index (χ3n) is 4.55. The van der Waals surface area contributed by atoms with Crippen LogP contribution in [0.5, 0.6) is 0 Å². The molecule has 0 bridgehead atoms. The lowest BCUT2D eigenvalue weighted by Gasteiger charge is -2.39. The van der Waals surface area contributed by atoms with Crippen LogP contribution in [0.1, 0.15) is 46.5 Å². The van der Waals surface area contributed by atoms with Gasteiger partial charge in [-0.25, -0.2) is 0 Å². The maximum absolute atomic E-state index is 12.0. The average molecular weight is 268 g/mol. The fourth-order valence-corrected chi connectivity index (χ4v) is 2.82. The van der Waals surface area contributed by atoms with Crippen LogP contribution >= 0.6 is 0 Å². The van der Waals surface area contributed by atoms with Gasteiger partial charge in [0.15, 0.2) is 0 Å². The Morgan fingerprint density at radius 2 is 1.63 bits per heavy atom. The molecule has 0 aliphatic heterocycles. The molecule has 0 aromatic heterocycles. The molecule has 1 aliphatic carbocycles. The molecule has 0 spiro atoms. The highest BCUT2D eigenvalue weighted by Crippen LogP contribution is 2.33. The normalized spacial score (nSPS) is 30.8. The van der Waals surface area contributed by atoms with E-state index in [0.29, 0.717) is 30.6 Å². The first-order valence-electron chi connectivity index (χ1n) is 7.32. The van der Waals surface area contributed by atoms with Crippen molar-refractivity contribution in [2.75, 3.05) is 14.1 Å². The summed E-state index contributed by atoms with van der Waals surface area (Å²) in [5.74, 6) is 1.71. The summed E-state index contributed by atoms with van der Waals surface area (Å²) in [7, 11) is 3.43. The van der Waals surface area contributed by atoms with Gasteiger partial charge in [0.2, 0.25) is 11.8 Å². The van der Waals surface area contributed by atoms with E-state index in [1.54, 1.807) is 14.1 Å². The third kappa shape index (κ3) is 4.51. The van der Waals surface area contributed by atoms with Gasteiger partial charge in [-0.1, -0.05) is 27.2 Å². The standard InChI is InChI=1S/C15H28N2O2/c1-10-6-7-11(2)15(12(10)3)16-13(18)8-9-14(19)17(4)5/h10-12,15H,6-9H2,1-5H3,(H,16,18). The van der Waals surface area contributed by atoms with Gasteiger partial charge >= 0.3 is 0 Å². The summed E-state index contributed by atoms with van der Waals surface area (Å²) in [6, 6.07) is 0.255. The molecule has 2 amide bonds. The molecule has 0 heterocycles. The molecule has 0 aromatic carbocycles. The first-order valence-corrected chi connectivity index (χ1v) is 7.32. The smallest absolute Gasteiger partial charge is 0.222 e. The molecule has 0 saturated heterocycles. The first kappa shape index (κ1) is 16.0. The molecule has 0 radical (unpaired) electrons. The summed E-state index contributed by atoms with van der Waals surface area (Å²) in [4.78, 5) is 24.9. The predicted octanol–water partition coefficient (Wildman–Crippen LogP) is 2.04. The van der Waals surface area contributed by atoms with Crippen molar-refractivity contribution in [1.29, 1.82) is 0 Å². The summed E-state index contributed by atoms with van der Waals surface area (Å²) >= 11 is 0. The molecular weight excluding hydrogens is 240 g/mol. The SMILES string of the molecule is CC1CCC(C)C(NC(=O)CCC(=O)N(C)C)C1C. The van der Waals surface area contributed by atoms with Crippen LogP contribution in [0.3, 0.4) is 0 Å². The van der Waals surface area contributed by atoms with Crippen LogP contribution in [0.25, 0.3) is 0 Å². The van der Waals surface area contributed by atoms with Crippen molar-refractivity contribution in [3.63, 3.8) is 0 Å². The lowest BCUT2D eigenvalue weighted by Crippen LogP contribution is -2.48. The minimum absolute atomic E-state index is 0.00741. The second-order valence-corrected chi connectivity index (χ2v) is 6.27. The van der Waals surface area contributed by atoms with Crippen molar-refractivity contribution in [1.82, 2.24) is 10.2 Å². The second-order valence-electron chi connectivity index (χ2n) is 6.27. The molecule has 0 aromatic rings. The molecule has 1 N–H and O–H groups in total. The summed E-state index contributed by atoms with van der Waals surface area (Å²) in [6.07, 6.45) is 3.01. The van der Waals surface area contributed by atoms with E-state index >= 15 is 0 Å². The minimum atomic E-state index is 0.00741. The van der Waals surface area contributed by atoms with E-state index in [4.69, 9.17) is 0 Å². The Bertz CT molecular complexity index is 328. The van der Waals surface area contributed by atoms with E-state index in [1.165, 1.54) is 17.7 Å². The lowest BCUT2D eigenvalue weighted by molar-refractivity contribution is -0.132. The summed E-state index contributed by atoms with van der Waals surface area (Å²) < 4.78 is 0. The summed E-state index contributed by atoms with van der Waals surface area (Å²) in [5, 5.41) is 3.13. The van der Waals surface area contributed by atoms with Gasteiger partial charge in [-0.3, -0.25) is 9.59 Å². The molecule has 1 rings (SSSR count). The van der Waals surface area contributed by atoms with E-state index in [0.717, 1.165) is 0 Å². The van der Waals surface area contributed by atoms with Gasteiger partial charge in [0.05, 0.1) is 0 Å². The Labute approximate surface area is 116 Å². The van der Waals surface area contributed by atoms with Gasteiger partial charge in [0, 0.05) is 33.0 Å². The molecule has 4 nitrogen and oxygen atoms in total. The molecule has 19 heavy (non-hydrogen) atoms. The fourth-order valence-electron chi connectivity index (χ4n) is 2.82. The molecule has 4 heteroatoms. The number of hydrogen-bond acceptors (Lipinski definition) is 2. The Hall–Kier alpha value is -1.06. The van der Waals surface area contributed by atoms with Crippen LogP contribution in [-0.2, 0) is 9.59 Å². The zero-order valence-corrected chi connectivity index (χ0v) is 12.9. The maximum Gasteiger partial charge on any atom is 0.222 e. The van der Waals surface area contributed by atoms with Crippen molar-refractivity contribution in [3.05, 3.63) is 0 Å². The monoisotopic (exact) mass is 268 g/mol. The molecular formula is C15H28N2O2. The Balaban J connectivity index is 2.44. The number of nitrogens with zero attached hydrogens (tertiary/aromatic N) is 1. The van der Waals surface area contributed by atoms with Gasteiger partial charge in [-0.15, -0.1) is 0 Å². The Morgan fingerprint density at radius 3 is 2.21 bits per heavy atom. The van der Waals surface area contributed by atoms with Gasteiger partial charge < -0.3 is 10.2 Å². The second kappa shape index (κ2) is 6.92. The van der Waals surface area contributed by atoms with Crippen LogP contribution in [0.15, 0.2) is 0 Å². The fraction of sp³-hybridized carbons (Fsp3) is 0.867. The molecule has 4 atom stereocenters. The zero-order valence-electron chi connectivity index (χ0n) is 12.9. The van der Waals surface area contributed by atoms with Crippen molar-refractivity contribution in [3.8, 4) is 0 Å². The van der Waals surface area contributed by atoms with E-state index in [9.17, 15) is 9.59 Å². The summed E-state index contributed by atoms with van der Waals surface area (Å²) in [6.45, 7) is 6.68. The molecule has 4 unspecified atom stereocenters. The van der Waals surface area contributed by atoms with Gasteiger partial charge in [-0.2, -0.15) is 0 Å². The maximum atomic E-state index is 12.0. The van der Waals surface area contributed by atoms with Crippen LogP contribution in [0.4, 0.5) is 0 Å². The first-order chi connectivity index (χ1) is 8.82. The Morgan fingerprint density at radius 1 is 1.05 bits per heavy atom. The quantitative estimate of drug-likeness (QED) is 0.848. The van der Waals surface area contributed by atoms with Gasteiger partial charge in [0.25, 0.3) is 0 Å². The molecule has 1 fully saturated rings. The summed E-state index contributed by atoms with van der Waals surface area (Å²) in [5.41, 5.74) is 0. The largest absolute Gasteiger partial charge is 0.353 e. The number of hydrogen-bond donors (Lipinski definition) is 1. The van der Waals surface area contributed by atoms with Crippen LogP contribution in [0.2, 0.25) is 0 Å². The predicted molar refractivity (Wildman–Crippen MR) is 76.6 cm³/mol. The van der Waals surface area contributed by atoms with Crippen molar-refractivity contribution in [2.45, 2.75) is 52.5 Å². The van der Waals surface area contributed by atoms with E-state index < -0.39 is 0 Å². The van der Waals surface area contributed by atoms with E-state index in [2.05, 4.69) is 26.1 Å². The topological polar surface area (TPSA) is 49.4 Å². The lowest BCUT2D eigenvalue weighted by atomic mass is 9.72. The highest BCUT2D eigenvalue weighted by Gasteiger charge is 2.33. The third-order valence-corrected chi connectivity index (χ3v) is 4.55. The molecule has 1 aliphatic rings. The van der Waals surface area contributed by atoms with Gasteiger partial charge in [-0.05, 0) is 24.2 Å². The number of rotatable bonds is 4. The molecule has 110 valence electrons. The van der Waals surface area contributed by atoms with Crippen LogP contribution in [-0.4, -0.2) is 36.9 Å².